The van der Waals surface area contributed by atoms with Gasteiger partial charge in [0.25, 0.3) is 0 Å². The average Bonchev–Trinajstić information content (AvgIpc) is 3.07. The summed E-state index contributed by atoms with van der Waals surface area (Å²) >= 11 is 1.17. The SMILES string of the molecule is CCn1c(SC(C)C(=O)Nc2c(F)cccc2F)nnc1-c1ccncc1. The van der Waals surface area contributed by atoms with Crippen molar-refractivity contribution in [2.75, 3.05) is 5.32 Å². The zero-order valence-corrected chi connectivity index (χ0v) is 15.5. The molecule has 0 aliphatic carbocycles. The highest BCUT2D eigenvalue weighted by Crippen LogP contribution is 2.27. The first-order chi connectivity index (χ1) is 13.0. The summed E-state index contributed by atoms with van der Waals surface area (Å²) in [7, 11) is 0. The number of thioether (sulfide) groups is 1. The van der Waals surface area contributed by atoms with Crippen LogP contribution in [0.5, 0.6) is 0 Å². The fraction of sp³-hybridized carbons (Fsp3) is 0.222. The van der Waals surface area contributed by atoms with Crippen molar-refractivity contribution in [2.24, 2.45) is 0 Å². The number of anilines is 1. The van der Waals surface area contributed by atoms with E-state index in [2.05, 4.69) is 20.5 Å². The zero-order chi connectivity index (χ0) is 19.4. The number of carbonyl (C=O) groups is 1. The Labute approximate surface area is 159 Å². The molecule has 1 aromatic carbocycles. The maximum absolute atomic E-state index is 13.7. The first-order valence-corrected chi connectivity index (χ1v) is 9.14. The van der Waals surface area contributed by atoms with E-state index in [1.165, 1.54) is 17.8 Å². The number of carbonyl (C=O) groups excluding carboxylic acids is 1. The lowest BCUT2D eigenvalue weighted by atomic mass is 10.2. The number of nitrogens with zero attached hydrogens (tertiary/aromatic N) is 4. The molecule has 1 N–H and O–H groups in total. The number of amides is 1. The third-order valence-electron chi connectivity index (χ3n) is 3.83. The van der Waals surface area contributed by atoms with Gasteiger partial charge in [0.05, 0.1) is 5.25 Å². The van der Waals surface area contributed by atoms with Gasteiger partial charge in [0.2, 0.25) is 5.91 Å². The molecule has 0 aliphatic heterocycles. The van der Waals surface area contributed by atoms with E-state index in [0.29, 0.717) is 17.5 Å². The summed E-state index contributed by atoms with van der Waals surface area (Å²) in [6.45, 7) is 4.18. The summed E-state index contributed by atoms with van der Waals surface area (Å²) in [5, 5.41) is 10.6. The van der Waals surface area contributed by atoms with Crippen molar-refractivity contribution in [3.8, 4) is 11.4 Å². The number of rotatable bonds is 6. The van der Waals surface area contributed by atoms with Crippen molar-refractivity contribution >= 4 is 23.4 Å². The predicted octanol–water partition coefficient (Wildman–Crippen LogP) is 3.76. The number of aromatic nitrogens is 4. The molecular formula is C18H17F2N5OS. The normalized spacial score (nSPS) is 12.0. The quantitative estimate of drug-likeness (QED) is 0.650. The Hall–Kier alpha value is -2.81. The van der Waals surface area contributed by atoms with Crippen LogP contribution < -0.4 is 5.32 Å². The summed E-state index contributed by atoms with van der Waals surface area (Å²) in [4.78, 5) is 16.3. The average molecular weight is 389 g/mol. The summed E-state index contributed by atoms with van der Waals surface area (Å²) in [6.07, 6.45) is 3.33. The first-order valence-electron chi connectivity index (χ1n) is 8.26. The molecular weight excluding hydrogens is 372 g/mol. The van der Waals surface area contributed by atoms with Gasteiger partial charge in [-0.3, -0.25) is 9.78 Å². The van der Waals surface area contributed by atoms with Crippen LogP contribution in [-0.4, -0.2) is 30.9 Å². The molecule has 140 valence electrons. The number of para-hydroxylation sites is 1. The Kier molecular flexibility index (Phi) is 5.80. The lowest BCUT2D eigenvalue weighted by molar-refractivity contribution is -0.115. The maximum atomic E-state index is 13.7. The molecule has 3 aromatic rings. The summed E-state index contributed by atoms with van der Waals surface area (Å²) in [5.41, 5.74) is 0.404. The van der Waals surface area contributed by atoms with E-state index < -0.39 is 28.5 Å². The summed E-state index contributed by atoms with van der Waals surface area (Å²) in [6, 6.07) is 7.06. The molecule has 0 saturated carbocycles. The Morgan fingerprint density at radius 2 is 1.85 bits per heavy atom. The van der Waals surface area contributed by atoms with Crippen LogP contribution in [0.4, 0.5) is 14.5 Å². The second-order valence-electron chi connectivity index (χ2n) is 5.63. The molecule has 27 heavy (non-hydrogen) atoms. The van der Waals surface area contributed by atoms with Crippen molar-refractivity contribution in [3.05, 3.63) is 54.4 Å². The van der Waals surface area contributed by atoms with Gasteiger partial charge in [0, 0.05) is 24.5 Å². The minimum Gasteiger partial charge on any atom is -0.320 e. The molecule has 0 spiro atoms. The molecule has 1 atom stereocenters. The van der Waals surface area contributed by atoms with Crippen molar-refractivity contribution in [3.63, 3.8) is 0 Å². The molecule has 0 fully saturated rings. The highest BCUT2D eigenvalue weighted by atomic mass is 32.2. The Balaban J connectivity index is 1.77. The number of hydrogen-bond donors (Lipinski definition) is 1. The number of hydrogen-bond acceptors (Lipinski definition) is 5. The molecule has 2 heterocycles. The van der Waals surface area contributed by atoms with Crippen LogP contribution in [0.1, 0.15) is 13.8 Å². The number of nitrogens with one attached hydrogen (secondary N) is 1. The van der Waals surface area contributed by atoms with Crippen molar-refractivity contribution in [1.29, 1.82) is 0 Å². The Bertz CT molecular complexity index is 928. The van der Waals surface area contributed by atoms with Crippen LogP contribution in [0.15, 0.2) is 47.9 Å². The number of pyridine rings is 1. The van der Waals surface area contributed by atoms with Crippen LogP contribution in [0.25, 0.3) is 11.4 Å². The fourth-order valence-electron chi connectivity index (χ4n) is 2.43. The van der Waals surface area contributed by atoms with Crippen LogP contribution >= 0.6 is 11.8 Å². The Morgan fingerprint density at radius 3 is 2.48 bits per heavy atom. The third kappa shape index (κ3) is 4.13. The van der Waals surface area contributed by atoms with E-state index in [9.17, 15) is 13.6 Å². The van der Waals surface area contributed by atoms with Crippen molar-refractivity contribution in [2.45, 2.75) is 30.8 Å². The van der Waals surface area contributed by atoms with Gasteiger partial charge < -0.3 is 9.88 Å². The van der Waals surface area contributed by atoms with E-state index in [1.54, 1.807) is 19.3 Å². The largest absolute Gasteiger partial charge is 0.320 e. The van der Waals surface area contributed by atoms with E-state index >= 15 is 0 Å². The van der Waals surface area contributed by atoms with Gasteiger partial charge in [0.1, 0.15) is 17.3 Å². The van der Waals surface area contributed by atoms with Gasteiger partial charge in [-0.1, -0.05) is 17.8 Å². The highest BCUT2D eigenvalue weighted by molar-refractivity contribution is 8.00. The van der Waals surface area contributed by atoms with Gasteiger partial charge in [0.15, 0.2) is 11.0 Å². The second-order valence-corrected chi connectivity index (χ2v) is 6.94. The molecule has 0 saturated heterocycles. The van der Waals surface area contributed by atoms with Gasteiger partial charge in [-0.15, -0.1) is 10.2 Å². The standard InChI is InChI=1S/C18H17F2N5OS/c1-3-25-16(12-7-9-21-10-8-12)23-24-18(25)27-11(2)17(26)22-15-13(19)5-4-6-14(15)20/h4-11H,3H2,1-2H3,(H,22,26). The molecule has 0 radical (unpaired) electrons. The molecule has 0 aliphatic rings. The highest BCUT2D eigenvalue weighted by Gasteiger charge is 2.22. The van der Waals surface area contributed by atoms with Crippen LogP contribution in [-0.2, 0) is 11.3 Å². The molecule has 3 rings (SSSR count). The van der Waals surface area contributed by atoms with Gasteiger partial charge >= 0.3 is 0 Å². The number of benzene rings is 1. The lowest BCUT2D eigenvalue weighted by Gasteiger charge is -2.13. The summed E-state index contributed by atoms with van der Waals surface area (Å²) in [5.74, 6) is -1.51. The number of halogens is 2. The summed E-state index contributed by atoms with van der Waals surface area (Å²) < 4.78 is 29.3. The molecule has 6 nitrogen and oxygen atoms in total. The van der Waals surface area contributed by atoms with Gasteiger partial charge in [-0.05, 0) is 38.1 Å². The van der Waals surface area contributed by atoms with E-state index in [4.69, 9.17) is 0 Å². The molecule has 2 aromatic heterocycles. The van der Waals surface area contributed by atoms with Gasteiger partial charge in [-0.25, -0.2) is 8.78 Å². The topological polar surface area (TPSA) is 72.7 Å². The first kappa shape index (κ1) is 19.0. The molecule has 1 unspecified atom stereocenters. The van der Waals surface area contributed by atoms with Crippen LogP contribution in [0, 0.1) is 11.6 Å². The van der Waals surface area contributed by atoms with E-state index in [0.717, 1.165) is 17.7 Å². The molecule has 1 amide bonds. The zero-order valence-electron chi connectivity index (χ0n) is 14.7. The smallest absolute Gasteiger partial charge is 0.237 e. The van der Waals surface area contributed by atoms with E-state index in [1.807, 2.05) is 23.6 Å². The second kappa shape index (κ2) is 8.26. The predicted molar refractivity (Wildman–Crippen MR) is 99.2 cm³/mol. The van der Waals surface area contributed by atoms with Crippen molar-refractivity contribution in [1.82, 2.24) is 19.7 Å². The monoisotopic (exact) mass is 389 g/mol. The van der Waals surface area contributed by atoms with Crippen LogP contribution in [0.3, 0.4) is 0 Å². The molecule has 9 heteroatoms. The Morgan fingerprint density at radius 1 is 1.19 bits per heavy atom. The minimum absolute atomic E-state index is 0.454. The molecule has 0 bridgehead atoms. The fourth-order valence-corrected chi connectivity index (χ4v) is 3.34. The maximum Gasteiger partial charge on any atom is 0.237 e. The van der Waals surface area contributed by atoms with Gasteiger partial charge in [-0.2, -0.15) is 0 Å². The van der Waals surface area contributed by atoms with Crippen molar-refractivity contribution < 1.29 is 13.6 Å². The van der Waals surface area contributed by atoms with E-state index in [-0.39, 0.29) is 0 Å². The lowest BCUT2D eigenvalue weighted by Crippen LogP contribution is -2.24. The minimum atomic E-state index is -0.822. The third-order valence-corrected chi connectivity index (χ3v) is 4.91. The van der Waals surface area contributed by atoms with Crippen LogP contribution in [0.2, 0.25) is 0 Å².